The van der Waals surface area contributed by atoms with Gasteiger partial charge in [0, 0.05) is 19.7 Å². The van der Waals surface area contributed by atoms with E-state index in [1.165, 1.54) is 5.56 Å². The van der Waals surface area contributed by atoms with E-state index in [4.69, 9.17) is 9.47 Å². The quantitative estimate of drug-likeness (QED) is 0.715. The van der Waals surface area contributed by atoms with Gasteiger partial charge in [-0.25, -0.2) is 0 Å². The first-order chi connectivity index (χ1) is 9.13. The van der Waals surface area contributed by atoms with Crippen LogP contribution in [0, 0.1) is 0 Å². The number of rotatable bonds is 9. The highest BCUT2D eigenvalue weighted by Gasteiger charge is 2.10. The number of ether oxygens (including phenoxy) is 2. The smallest absolute Gasteiger partial charge is 0.0898 e. The molecule has 0 aliphatic carbocycles. The van der Waals surface area contributed by atoms with E-state index in [2.05, 4.69) is 24.4 Å². The first kappa shape index (κ1) is 16.1. The minimum absolute atomic E-state index is 0.00574. The summed E-state index contributed by atoms with van der Waals surface area (Å²) in [4.78, 5) is 0. The highest BCUT2D eigenvalue weighted by molar-refractivity contribution is 5.17. The Labute approximate surface area is 115 Å². The zero-order valence-corrected chi connectivity index (χ0v) is 12.0. The molecule has 4 nitrogen and oxygen atoms in total. The van der Waals surface area contributed by atoms with Crippen LogP contribution >= 0.6 is 0 Å². The molecule has 0 fully saturated rings. The Bertz CT molecular complexity index is 331. The van der Waals surface area contributed by atoms with Crippen LogP contribution in [0.25, 0.3) is 0 Å². The molecule has 0 radical (unpaired) electrons. The van der Waals surface area contributed by atoms with Gasteiger partial charge in [-0.15, -0.1) is 0 Å². The van der Waals surface area contributed by atoms with Crippen molar-refractivity contribution < 1.29 is 14.6 Å². The third kappa shape index (κ3) is 6.68. The summed E-state index contributed by atoms with van der Waals surface area (Å²) in [5, 5.41) is 13.1. The van der Waals surface area contributed by atoms with Gasteiger partial charge in [-0.2, -0.15) is 0 Å². The van der Waals surface area contributed by atoms with Crippen LogP contribution in [-0.2, 0) is 9.47 Å². The van der Waals surface area contributed by atoms with Crippen molar-refractivity contribution >= 4 is 0 Å². The standard InChI is InChI=1S/C15H25NO3/c1-12(10-18-3)19-11-15(17)9-16-13(2)14-7-5-4-6-8-14/h4-8,12-13,15-17H,9-11H2,1-3H3/t12?,13-,15?/m0/s1. The summed E-state index contributed by atoms with van der Waals surface area (Å²) >= 11 is 0. The maximum Gasteiger partial charge on any atom is 0.0898 e. The van der Waals surface area contributed by atoms with Crippen molar-refractivity contribution in [1.29, 1.82) is 0 Å². The number of aliphatic hydroxyl groups is 1. The number of benzene rings is 1. The summed E-state index contributed by atoms with van der Waals surface area (Å²) in [6.45, 7) is 5.38. The molecule has 0 saturated heterocycles. The lowest BCUT2D eigenvalue weighted by molar-refractivity contribution is -0.0315. The van der Waals surface area contributed by atoms with Crippen molar-refractivity contribution in [1.82, 2.24) is 5.32 Å². The van der Waals surface area contributed by atoms with E-state index in [0.29, 0.717) is 19.8 Å². The van der Waals surface area contributed by atoms with Gasteiger partial charge in [0.1, 0.15) is 0 Å². The van der Waals surface area contributed by atoms with Crippen molar-refractivity contribution in [3.8, 4) is 0 Å². The largest absolute Gasteiger partial charge is 0.389 e. The zero-order valence-electron chi connectivity index (χ0n) is 12.0. The van der Waals surface area contributed by atoms with Gasteiger partial charge < -0.3 is 19.9 Å². The van der Waals surface area contributed by atoms with E-state index < -0.39 is 6.10 Å². The molecule has 108 valence electrons. The summed E-state index contributed by atoms with van der Waals surface area (Å²) in [6.07, 6.45) is -0.503. The van der Waals surface area contributed by atoms with E-state index in [9.17, 15) is 5.11 Å². The van der Waals surface area contributed by atoms with Crippen molar-refractivity contribution in [2.75, 3.05) is 26.9 Å². The third-order valence-electron chi connectivity index (χ3n) is 2.93. The molecule has 0 aromatic heterocycles. The molecule has 2 N–H and O–H groups in total. The molecule has 0 aliphatic rings. The fraction of sp³-hybridized carbons (Fsp3) is 0.600. The molecule has 0 spiro atoms. The summed E-state index contributed by atoms with van der Waals surface area (Å²) < 4.78 is 10.4. The minimum atomic E-state index is -0.509. The molecule has 0 heterocycles. The highest BCUT2D eigenvalue weighted by Crippen LogP contribution is 2.10. The average molecular weight is 267 g/mol. The van der Waals surface area contributed by atoms with Crippen LogP contribution in [0.2, 0.25) is 0 Å². The maximum absolute atomic E-state index is 9.83. The second-order valence-electron chi connectivity index (χ2n) is 4.79. The Balaban J connectivity index is 2.21. The van der Waals surface area contributed by atoms with Gasteiger partial charge in [0.15, 0.2) is 0 Å². The number of hydrogen-bond donors (Lipinski definition) is 2. The van der Waals surface area contributed by atoms with Crippen molar-refractivity contribution in [2.45, 2.75) is 32.1 Å². The first-order valence-electron chi connectivity index (χ1n) is 6.70. The Morgan fingerprint density at radius 2 is 1.84 bits per heavy atom. The Kier molecular flexibility index (Phi) is 7.67. The lowest BCUT2D eigenvalue weighted by atomic mass is 10.1. The number of hydrogen-bond acceptors (Lipinski definition) is 4. The lowest BCUT2D eigenvalue weighted by Gasteiger charge is -2.19. The first-order valence-corrected chi connectivity index (χ1v) is 6.70. The minimum Gasteiger partial charge on any atom is -0.389 e. The number of methoxy groups -OCH3 is 1. The molecule has 1 aromatic carbocycles. The zero-order chi connectivity index (χ0) is 14.1. The molecule has 0 saturated carbocycles. The molecular formula is C15H25NO3. The van der Waals surface area contributed by atoms with E-state index in [1.807, 2.05) is 25.1 Å². The molecule has 0 aliphatic heterocycles. The Hall–Kier alpha value is -0.940. The van der Waals surface area contributed by atoms with E-state index in [0.717, 1.165) is 0 Å². The van der Waals surface area contributed by atoms with Gasteiger partial charge in [-0.05, 0) is 19.4 Å². The van der Waals surface area contributed by atoms with E-state index in [-0.39, 0.29) is 12.1 Å². The van der Waals surface area contributed by atoms with Gasteiger partial charge in [0.2, 0.25) is 0 Å². The summed E-state index contributed by atoms with van der Waals surface area (Å²) in [5.74, 6) is 0. The molecule has 1 rings (SSSR count). The highest BCUT2D eigenvalue weighted by atomic mass is 16.5. The SMILES string of the molecule is COCC(C)OCC(O)CN[C@@H](C)c1ccccc1. The van der Waals surface area contributed by atoms with E-state index >= 15 is 0 Å². The van der Waals surface area contributed by atoms with Crippen LogP contribution in [0.4, 0.5) is 0 Å². The maximum atomic E-state index is 9.83. The Morgan fingerprint density at radius 1 is 1.16 bits per heavy atom. The molecule has 0 amide bonds. The van der Waals surface area contributed by atoms with Crippen LogP contribution in [-0.4, -0.2) is 44.2 Å². The van der Waals surface area contributed by atoms with Crippen LogP contribution in [0.15, 0.2) is 30.3 Å². The normalized spacial score (nSPS) is 16.0. The lowest BCUT2D eigenvalue weighted by Crippen LogP contribution is -2.33. The van der Waals surface area contributed by atoms with Gasteiger partial charge in [0.05, 0.1) is 25.4 Å². The van der Waals surface area contributed by atoms with Crippen LogP contribution in [0.1, 0.15) is 25.5 Å². The molecular weight excluding hydrogens is 242 g/mol. The van der Waals surface area contributed by atoms with Gasteiger partial charge in [-0.3, -0.25) is 0 Å². The molecule has 19 heavy (non-hydrogen) atoms. The Morgan fingerprint density at radius 3 is 2.47 bits per heavy atom. The fourth-order valence-electron chi connectivity index (χ4n) is 1.79. The average Bonchev–Trinajstić information content (AvgIpc) is 2.44. The monoisotopic (exact) mass is 267 g/mol. The number of nitrogens with one attached hydrogen (secondary N) is 1. The predicted molar refractivity (Wildman–Crippen MR) is 76.2 cm³/mol. The molecule has 2 unspecified atom stereocenters. The third-order valence-corrected chi connectivity index (χ3v) is 2.93. The molecule has 1 aromatic rings. The molecule has 3 atom stereocenters. The van der Waals surface area contributed by atoms with Crippen molar-refractivity contribution in [2.24, 2.45) is 0 Å². The second-order valence-corrected chi connectivity index (χ2v) is 4.79. The van der Waals surface area contributed by atoms with Crippen molar-refractivity contribution in [3.05, 3.63) is 35.9 Å². The van der Waals surface area contributed by atoms with Crippen molar-refractivity contribution in [3.63, 3.8) is 0 Å². The second kappa shape index (κ2) is 9.04. The fourth-order valence-corrected chi connectivity index (χ4v) is 1.79. The molecule has 0 bridgehead atoms. The van der Waals surface area contributed by atoms with Gasteiger partial charge in [-0.1, -0.05) is 30.3 Å². The summed E-state index contributed by atoms with van der Waals surface area (Å²) in [7, 11) is 1.64. The van der Waals surface area contributed by atoms with Crippen LogP contribution in [0.5, 0.6) is 0 Å². The van der Waals surface area contributed by atoms with Crippen LogP contribution in [0.3, 0.4) is 0 Å². The summed E-state index contributed by atoms with van der Waals surface area (Å²) in [5.41, 5.74) is 1.21. The number of aliphatic hydroxyl groups excluding tert-OH is 1. The van der Waals surface area contributed by atoms with Gasteiger partial charge >= 0.3 is 0 Å². The van der Waals surface area contributed by atoms with E-state index in [1.54, 1.807) is 7.11 Å². The van der Waals surface area contributed by atoms with Crippen LogP contribution < -0.4 is 5.32 Å². The predicted octanol–water partition coefficient (Wildman–Crippen LogP) is 1.75. The summed E-state index contributed by atoms with van der Waals surface area (Å²) in [6, 6.07) is 10.4. The molecule has 4 heteroatoms. The van der Waals surface area contributed by atoms with Gasteiger partial charge in [0.25, 0.3) is 0 Å². The topological polar surface area (TPSA) is 50.7 Å².